The van der Waals surface area contributed by atoms with Crippen LogP contribution in [0.3, 0.4) is 0 Å². The number of piperidine rings is 1. The number of rotatable bonds is 3. The summed E-state index contributed by atoms with van der Waals surface area (Å²) in [6.45, 7) is 1.03. The predicted molar refractivity (Wildman–Crippen MR) is 82.9 cm³/mol. The molecule has 0 aliphatic carbocycles. The van der Waals surface area contributed by atoms with E-state index in [0.29, 0.717) is 19.0 Å². The molecule has 3 nitrogen and oxygen atoms in total. The Hall–Kier alpha value is -2.37. The van der Waals surface area contributed by atoms with Gasteiger partial charge < -0.3 is 4.90 Å². The maximum atomic E-state index is 13.6. The van der Waals surface area contributed by atoms with Crippen LogP contribution in [0.15, 0.2) is 36.4 Å². The molecule has 2 heterocycles. The third kappa shape index (κ3) is 3.75. The first-order valence-corrected chi connectivity index (χ1v) is 7.88. The van der Waals surface area contributed by atoms with E-state index in [-0.39, 0.29) is 11.4 Å². The quantitative estimate of drug-likeness (QED) is 0.804. The van der Waals surface area contributed by atoms with Crippen LogP contribution in [0.1, 0.15) is 28.8 Å². The van der Waals surface area contributed by atoms with Gasteiger partial charge in [-0.3, -0.25) is 4.79 Å². The van der Waals surface area contributed by atoms with Crippen LogP contribution in [0, 0.1) is 23.6 Å². The number of hydrogen-bond donors (Lipinski definition) is 0. The van der Waals surface area contributed by atoms with Gasteiger partial charge in [0.25, 0.3) is 5.91 Å². The Morgan fingerprint density at radius 1 is 1.04 bits per heavy atom. The third-order valence-electron chi connectivity index (χ3n) is 4.38. The summed E-state index contributed by atoms with van der Waals surface area (Å²) in [5.74, 6) is -2.33. The van der Waals surface area contributed by atoms with Crippen molar-refractivity contribution in [2.24, 2.45) is 5.92 Å². The molecule has 0 spiro atoms. The van der Waals surface area contributed by atoms with E-state index in [2.05, 4.69) is 4.98 Å². The van der Waals surface area contributed by atoms with Crippen molar-refractivity contribution in [2.45, 2.75) is 19.3 Å². The first kappa shape index (κ1) is 16.5. The Bertz CT molecular complexity index is 726. The average Bonchev–Trinajstić information content (AvgIpc) is 2.57. The van der Waals surface area contributed by atoms with E-state index >= 15 is 0 Å². The van der Waals surface area contributed by atoms with E-state index < -0.39 is 17.8 Å². The van der Waals surface area contributed by atoms with E-state index in [4.69, 9.17) is 0 Å². The van der Waals surface area contributed by atoms with E-state index in [1.54, 1.807) is 17.0 Å². The molecule has 1 amide bonds. The molecule has 1 aliphatic rings. The number of nitrogens with zero attached hydrogens (tertiary/aromatic N) is 2. The lowest BCUT2D eigenvalue weighted by atomic mass is 9.90. The number of likely N-dealkylation sites (tertiary alicyclic amines) is 1. The van der Waals surface area contributed by atoms with Crippen LogP contribution >= 0.6 is 0 Å². The van der Waals surface area contributed by atoms with Crippen molar-refractivity contribution in [2.75, 3.05) is 13.1 Å². The molecule has 1 fully saturated rings. The number of hydrogen-bond acceptors (Lipinski definition) is 2. The molecule has 1 aromatic heterocycles. The first-order valence-electron chi connectivity index (χ1n) is 7.88. The Kier molecular flexibility index (Phi) is 4.83. The molecule has 3 rings (SSSR count). The fourth-order valence-corrected chi connectivity index (χ4v) is 3.04. The highest BCUT2D eigenvalue weighted by Gasteiger charge is 2.26. The van der Waals surface area contributed by atoms with Crippen LogP contribution in [0.4, 0.5) is 13.2 Å². The summed E-state index contributed by atoms with van der Waals surface area (Å²) in [5.41, 5.74) is 0.864. The summed E-state index contributed by atoms with van der Waals surface area (Å²) in [5, 5.41) is 0. The molecule has 2 aromatic rings. The molecule has 1 aliphatic heterocycles. The maximum absolute atomic E-state index is 13.6. The van der Waals surface area contributed by atoms with Gasteiger partial charge in [0.2, 0.25) is 11.9 Å². The SMILES string of the molecule is O=C(c1ccc(F)nc1F)N1CCC(Cc2ccc(F)cc2)CC1. The predicted octanol–water partition coefficient (Wildman–Crippen LogP) is 3.59. The summed E-state index contributed by atoms with van der Waals surface area (Å²) >= 11 is 0. The van der Waals surface area contributed by atoms with Gasteiger partial charge in [-0.05, 0) is 55.0 Å². The minimum atomic E-state index is -1.08. The number of benzene rings is 1. The van der Waals surface area contributed by atoms with Crippen molar-refractivity contribution >= 4 is 5.91 Å². The Morgan fingerprint density at radius 3 is 2.33 bits per heavy atom. The van der Waals surface area contributed by atoms with Gasteiger partial charge in [0.15, 0.2) is 0 Å². The lowest BCUT2D eigenvalue weighted by Crippen LogP contribution is -2.39. The van der Waals surface area contributed by atoms with Crippen LogP contribution in [-0.4, -0.2) is 28.9 Å². The normalized spacial score (nSPS) is 15.5. The molecule has 6 heteroatoms. The Labute approximate surface area is 138 Å². The number of pyridine rings is 1. The summed E-state index contributed by atoms with van der Waals surface area (Å²) < 4.78 is 39.4. The standard InChI is InChI=1S/C18H17F3N2O/c19-14-3-1-12(2-4-14)11-13-7-9-23(10-8-13)18(24)15-5-6-16(20)22-17(15)21/h1-6,13H,7-11H2. The van der Waals surface area contributed by atoms with Crippen LogP contribution in [-0.2, 0) is 6.42 Å². The maximum Gasteiger partial charge on any atom is 0.258 e. The molecule has 0 radical (unpaired) electrons. The van der Waals surface area contributed by atoms with Crippen LogP contribution in [0.2, 0.25) is 0 Å². The fraction of sp³-hybridized carbons (Fsp3) is 0.333. The first-order chi connectivity index (χ1) is 11.5. The van der Waals surface area contributed by atoms with Crippen molar-refractivity contribution in [1.82, 2.24) is 9.88 Å². The summed E-state index contributed by atoms with van der Waals surface area (Å²) in [4.78, 5) is 16.9. The van der Waals surface area contributed by atoms with Gasteiger partial charge in [0, 0.05) is 13.1 Å². The highest BCUT2D eigenvalue weighted by molar-refractivity contribution is 5.94. The molecule has 0 unspecified atom stereocenters. The summed E-state index contributed by atoms with van der Waals surface area (Å²) in [6.07, 6.45) is 2.41. The second-order valence-electron chi connectivity index (χ2n) is 6.04. The summed E-state index contributed by atoms with van der Waals surface area (Å²) in [6, 6.07) is 8.54. The van der Waals surface area contributed by atoms with E-state index in [1.807, 2.05) is 0 Å². The Balaban J connectivity index is 1.58. The molecular formula is C18H17F3N2O. The second-order valence-corrected chi connectivity index (χ2v) is 6.04. The molecule has 0 saturated carbocycles. The molecule has 0 N–H and O–H groups in total. The lowest BCUT2D eigenvalue weighted by Gasteiger charge is -2.32. The minimum absolute atomic E-state index is 0.201. The van der Waals surface area contributed by atoms with Crippen LogP contribution < -0.4 is 0 Å². The zero-order chi connectivity index (χ0) is 17.1. The molecule has 0 atom stereocenters. The van der Waals surface area contributed by atoms with Gasteiger partial charge in [-0.15, -0.1) is 0 Å². The highest BCUT2D eigenvalue weighted by Crippen LogP contribution is 2.23. The van der Waals surface area contributed by atoms with Gasteiger partial charge in [0.05, 0.1) is 5.56 Å². The molecule has 126 valence electrons. The van der Waals surface area contributed by atoms with E-state index in [1.165, 1.54) is 12.1 Å². The Morgan fingerprint density at radius 2 is 1.71 bits per heavy atom. The smallest absolute Gasteiger partial charge is 0.258 e. The zero-order valence-corrected chi connectivity index (χ0v) is 13.0. The lowest BCUT2D eigenvalue weighted by molar-refractivity contribution is 0.0684. The van der Waals surface area contributed by atoms with Crippen molar-refractivity contribution in [3.8, 4) is 0 Å². The van der Waals surface area contributed by atoms with Gasteiger partial charge in [-0.25, -0.2) is 4.39 Å². The van der Waals surface area contributed by atoms with Crippen LogP contribution in [0.25, 0.3) is 0 Å². The van der Waals surface area contributed by atoms with Crippen molar-refractivity contribution in [1.29, 1.82) is 0 Å². The molecule has 1 aromatic carbocycles. The third-order valence-corrected chi connectivity index (χ3v) is 4.38. The fourth-order valence-electron chi connectivity index (χ4n) is 3.04. The van der Waals surface area contributed by atoms with Gasteiger partial charge >= 0.3 is 0 Å². The number of halogens is 3. The van der Waals surface area contributed by atoms with Gasteiger partial charge in [-0.2, -0.15) is 13.8 Å². The molecule has 0 bridgehead atoms. The van der Waals surface area contributed by atoms with Crippen molar-refractivity contribution in [3.05, 3.63) is 65.2 Å². The van der Waals surface area contributed by atoms with E-state index in [0.717, 1.165) is 37.0 Å². The largest absolute Gasteiger partial charge is 0.338 e. The average molecular weight is 334 g/mol. The molecule has 1 saturated heterocycles. The van der Waals surface area contributed by atoms with Crippen molar-refractivity contribution in [3.63, 3.8) is 0 Å². The monoisotopic (exact) mass is 334 g/mol. The van der Waals surface area contributed by atoms with Gasteiger partial charge in [-0.1, -0.05) is 12.1 Å². The summed E-state index contributed by atoms with van der Waals surface area (Å²) in [7, 11) is 0. The number of carbonyl (C=O) groups is 1. The topological polar surface area (TPSA) is 33.2 Å². The van der Waals surface area contributed by atoms with E-state index in [9.17, 15) is 18.0 Å². The van der Waals surface area contributed by atoms with Crippen molar-refractivity contribution < 1.29 is 18.0 Å². The zero-order valence-electron chi connectivity index (χ0n) is 13.0. The minimum Gasteiger partial charge on any atom is -0.338 e. The number of aromatic nitrogens is 1. The molecular weight excluding hydrogens is 317 g/mol. The van der Waals surface area contributed by atoms with Crippen LogP contribution in [0.5, 0.6) is 0 Å². The molecule has 24 heavy (non-hydrogen) atoms. The number of amides is 1. The number of carbonyl (C=O) groups excluding carboxylic acids is 1. The second kappa shape index (κ2) is 7.03. The van der Waals surface area contributed by atoms with Gasteiger partial charge in [0.1, 0.15) is 5.82 Å². The highest BCUT2D eigenvalue weighted by atomic mass is 19.1.